The Hall–Kier alpha value is -2.08. The Balaban J connectivity index is 2.35. The molecule has 0 fully saturated rings. The van der Waals surface area contributed by atoms with E-state index < -0.39 is 23.7 Å². The minimum absolute atomic E-state index is 0.381. The molecule has 152 valence electrons. The molecule has 6 nitrogen and oxygen atoms in total. The highest BCUT2D eigenvalue weighted by Crippen LogP contribution is 2.09. The molecule has 0 aliphatic heterocycles. The van der Waals surface area contributed by atoms with Gasteiger partial charge in [0.05, 0.1) is 0 Å². The summed E-state index contributed by atoms with van der Waals surface area (Å²) in [6, 6.07) is 7.65. The Morgan fingerprint density at radius 1 is 1.11 bits per heavy atom. The summed E-state index contributed by atoms with van der Waals surface area (Å²) >= 11 is 0. The molecule has 27 heavy (non-hydrogen) atoms. The number of hydrogen-bond donors (Lipinski definition) is 3. The number of ether oxygens (including phenoxy) is 1. The SMILES string of the molecule is CCCCc1ccc(CN[C@@H](CCCNC(=O)OC(C)(C)C)C(=O)O)cc1. The van der Waals surface area contributed by atoms with Crippen LogP contribution in [0.2, 0.25) is 0 Å². The first-order chi connectivity index (χ1) is 12.7. The van der Waals surface area contributed by atoms with E-state index in [-0.39, 0.29) is 0 Å². The number of unbranched alkanes of at least 4 members (excludes halogenated alkanes) is 1. The molecule has 6 heteroatoms. The molecule has 3 N–H and O–H groups in total. The summed E-state index contributed by atoms with van der Waals surface area (Å²) in [5.74, 6) is -0.883. The number of benzene rings is 1. The van der Waals surface area contributed by atoms with E-state index in [4.69, 9.17) is 4.74 Å². The number of aryl methyl sites for hydroxylation is 1. The van der Waals surface area contributed by atoms with Crippen molar-refractivity contribution in [3.63, 3.8) is 0 Å². The lowest BCUT2D eigenvalue weighted by atomic mass is 10.1. The van der Waals surface area contributed by atoms with E-state index in [0.29, 0.717) is 25.9 Å². The first kappa shape index (κ1) is 23.0. The fourth-order valence-electron chi connectivity index (χ4n) is 2.57. The van der Waals surface area contributed by atoms with Crippen LogP contribution in [-0.4, -0.2) is 35.4 Å². The molecular weight excluding hydrogens is 344 g/mol. The zero-order valence-corrected chi connectivity index (χ0v) is 17.0. The van der Waals surface area contributed by atoms with Crippen molar-refractivity contribution in [1.82, 2.24) is 10.6 Å². The minimum Gasteiger partial charge on any atom is -0.480 e. The molecule has 0 radical (unpaired) electrons. The standard InChI is InChI=1S/C21H34N2O4/c1-5-6-8-16-10-12-17(13-11-16)15-23-18(19(24)25)9-7-14-22-20(26)27-21(2,3)4/h10-13,18,23H,5-9,14-15H2,1-4H3,(H,22,26)(H,24,25)/t18-/m0/s1. The number of carbonyl (C=O) groups excluding carboxylic acids is 1. The molecule has 1 rings (SSSR count). The number of amides is 1. The lowest BCUT2D eigenvalue weighted by Crippen LogP contribution is -2.37. The fraction of sp³-hybridized carbons (Fsp3) is 0.619. The molecule has 0 saturated carbocycles. The maximum atomic E-state index is 11.6. The predicted molar refractivity (Wildman–Crippen MR) is 107 cm³/mol. The van der Waals surface area contributed by atoms with E-state index >= 15 is 0 Å². The van der Waals surface area contributed by atoms with Gasteiger partial charge in [-0.25, -0.2) is 4.79 Å². The maximum absolute atomic E-state index is 11.6. The molecule has 0 unspecified atom stereocenters. The van der Waals surface area contributed by atoms with E-state index in [9.17, 15) is 14.7 Å². The van der Waals surface area contributed by atoms with Crippen molar-refractivity contribution in [3.05, 3.63) is 35.4 Å². The van der Waals surface area contributed by atoms with Gasteiger partial charge < -0.3 is 20.5 Å². The van der Waals surface area contributed by atoms with Gasteiger partial charge in [0.1, 0.15) is 11.6 Å². The second-order valence-electron chi connectivity index (χ2n) is 7.76. The van der Waals surface area contributed by atoms with Crippen LogP contribution in [0.4, 0.5) is 4.79 Å². The Morgan fingerprint density at radius 3 is 2.30 bits per heavy atom. The molecule has 0 heterocycles. The molecule has 1 amide bonds. The monoisotopic (exact) mass is 378 g/mol. The Bertz CT molecular complexity index is 579. The number of carboxylic acid groups (broad SMARTS) is 1. The van der Waals surface area contributed by atoms with Gasteiger partial charge in [-0.2, -0.15) is 0 Å². The van der Waals surface area contributed by atoms with E-state index in [1.807, 2.05) is 12.1 Å². The summed E-state index contributed by atoms with van der Waals surface area (Å²) in [5, 5.41) is 15.1. The molecule has 1 aromatic rings. The normalized spacial score (nSPS) is 12.4. The van der Waals surface area contributed by atoms with E-state index in [0.717, 1.165) is 12.0 Å². The van der Waals surface area contributed by atoms with Gasteiger partial charge in [0, 0.05) is 13.1 Å². The van der Waals surface area contributed by atoms with Crippen molar-refractivity contribution in [2.75, 3.05) is 6.54 Å². The van der Waals surface area contributed by atoms with Crippen LogP contribution in [-0.2, 0) is 22.5 Å². The third-order valence-electron chi connectivity index (χ3n) is 4.03. The highest BCUT2D eigenvalue weighted by Gasteiger charge is 2.18. The summed E-state index contributed by atoms with van der Waals surface area (Å²) in [4.78, 5) is 23.0. The molecule has 0 aliphatic rings. The Kier molecular flexibility index (Phi) is 9.86. The molecule has 0 bridgehead atoms. The molecular formula is C21H34N2O4. The summed E-state index contributed by atoms with van der Waals surface area (Å²) in [7, 11) is 0. The lowest BCUT2D eigenvalue weighted by Gasteiger charge is -2.20. The van der Waals surface area contributed by atoms with Gasteiger partial charge in [-0.05, 0) is 57.6 Å². The maximum Gasteiger partial charge on any atom is 0.407 e. The van der Waals surface area contributed by atoms with Crippen molar-refractivity contribution >= 4 is 12.1 Å². The highest BCUT2D eigenvalue weighted by molar-refractivity contribution is 5.73. The number of carboxylic acids is 1. The minimum atomic E-state index is -0.883. The highest BCUT2D eigenvalue weighted by atomic mass is 16.6. The van der Waals surface area contributed by atoms with Crippen molar-refractivity contribution in [3.8, 4) is 0 Å². The summed E-state index contributed by atoms with van der Waals surface area (Å²) in [5.41, 5.74) is 1.83. The van der Waals surface area contributed by atoms with Crippen LogP contribution >= 0.6 is 0 Å². The number of alkyl carbamates (subject to hydrolysis) is 1. The quantitative estimate of drug-likeness (QED) is 0.509. The van der Waals surface area contributed by atoms with Crippen LogP contribution in [0.15, 0.2) is 24.3 Å². The largest absolute Gasteiger partial charge is 0.480 e. The van der Waals surface area contributed by atoms with E-state index in [2.05, 4.69) is 29.7 Å². The van der Waals surface area contributed by atoms with Gasteiger partial charge in [0.15, 0.2) is 0 Å². The average molecular weight is 379 g/mol. The number of hydrogen-bond acceptors (Lipinski definition) is 4. The number of aliphatic carboxylic acids is 1. The van der Waals surface area contributed by atoms with Crippen molar-refractivity contribution in [2.24, 2.45) is 0 Å². The molecule has 1 aromatic carbocycles. The third kappa shape index (κ3) is 10.6. The van der Waals surface area contributed by atoms with Gasteiger partial charge in [0.25, 0.3) is 0 Å². The van der Waals surface area contributed by atoms with Crippen molar-refractivity contribution in [2.45, 2.75) is 78.0 Å². The van der Waals surface area contributed by atoms with Crippen molar-refractivity contribution < 1.29 is 19.4 Å². The van der Waals surface area contributed by atoms with Gasteiger partial charge in [-0.1, -0.05) is 37.6 Å². The van der Waals surface area contributed by atoms with Gasteiger partial charge in [-0.3, -0.25) is 4.79 Å². The first-order valence-corrected chi connectivity index (χ1v) is 9.72. The smallest absolute Gasteiger partial charge is 0.407 e. The zero-order valence-electron chi connectivity index (χ0n) is 17.0. The van der Waals surface area contributed by atoms with Gasteiger partial charge in [0.2, 0.25) is 0 Å². The average Bonchev–Trinajstić information content (AvgIpc) is 2.58. The van der Waals surface area contributed by atoms with Crippen LogP contribution in [0, 0.1) is 0 Å². The zero-order chi connectivity index (χ0) is 20.3. The van der Waals surface area contributed by atoms with Crippen LogP contribution in [0.5, 0.6) is 0 Å². The third-order valence-corrected chi connectivity index (χ3v) is 4.03. The molecule has 0 spiro atoms. The molecule has 0 aromatic heterocycles. The lowest BCUT2D eigenvalue weighted by molar-refractivity contribution is -0.139. The first-order valence-electron chi connectivity index (χ1n) is 9.72. The summed E-state index contributed by atoms with van der Waals surface area (Å²) < 4.78 is 5.15. The molecule has 1 atom stereocenters. The number of nitrogens with one attached hydrogen (secondary N) is 2. The molecule has 0 saturated heterocycles. The Labute approximate surface area is 162 Å². The second kappa shape index (κ2) is 11.6. The number of carbonyl (C=O) groups is 2. The second-order valence-corrected chi connectivity index (χ2v) is 7.76. The van der Waals surface area contributed by atoms with Crippen LogP contribution in [0.25, 0.3) is 0 Å². The van der Waals surface area contributed by atoms with Crippen LogP contribution in [0.3, 0.4) is 0 Å². The van der Waals surface area contributed by atoms with Crippen molar-refractivity contribution in [1.29, 1.82) is 0 Å². The predicted octanol–water partition coefficient (Wildman–Crippen LogP) is 3.88. The van der Waals surface area contributed by atoms with Crippen LogP contribution in [0.1, 0.15) is 64.5 Å². The summed E-state index contributed by atoms with van der Waals surface area (Å²) in [6.45, 7) is 8.46. The topological polar surface area (TPSA) is 87.7 Å². The van der Waals surface area contributed by atoms with Crippen LogP contribution < -0.4 is 10.6 Å². The fourth-order valence-corrected chi connectivity index (χ4v) is 2.57. The van der Waals surface area contributed by atoms with Gasteiger partial charge >= 0.3 is 12.1 Å². The Morgan fingerprint density at radius 2 is 1.74 bits per heavy atom. The summed E-state index contributed by atoms with van der Waals surface area (Å²) in [6.07, 6.45) is 3.93. The number of rotatable bonds is 11. The molecule has 0 aliphatic carbocycles. The van der Waals surface area contributed by atoms with E-state index in [1.54, 1.807) is 20.8 Å². The van der Waals surface area contributed by atoms with E-state index in [1.165, 1.54) is 18.4 Å². The van der Waals surface area contributed by atoms with Gasteiger partial charge in [-0.15, -0.1) is 0 Å².